The number of esters is 4. The van der Waals surface area contributed by atoms with Gasteiger partial charge in [-0.25, -0.2) is 9.13 Å². The molecular formula is C85H166O17P2. The maximum atomic E-state index is 13.1. The predicted octanol–water partition coefficient (Wildman–Crippen LogP) is 25.8. The lowest BCUT2D eigenvalue weighted by atomic mass is 10.00. The summed E-state index contributed by atoms with van der Waals surface area (Å²) in [5.74, 6) is -0.588. The standard InChI is InChI=1S/C85H166O17P2/c1-7-10-12-14-16-18-20-22-24-26-27-28-29-31-33-37-41-45-49-57-63-69-84(89)101-80(73-95-82(87)67-61-55-48-44-40-36-32-30-25-23-21-19-17-15-13-11-8-2)75-99-103(91,92)97-71-79(86)72-98-104(93,94)100-76-81(74-96-83(88)68-62-56-52-51-54-60-66-78(6)9-3)102-85(90)70-64-58-50-46-42-38-34-35-39-43-47-53-59-65-77(4)5/h77-81,86H,7-76H2,1-6H3,(H,91,92)(H,93,94)/t78?,79-,80-,81-/m1/s1. The molecule has 17 nitrogen and oxygen atoms in total. The van der Waals surface area contributed by atoms with Crippen LogP contribution in [0.15, 0.2) is 0 Å². The first-order valence-corrected chi connectivity index (χ1v) is 47.0. The second-order valence-electron chi connectivity index (χ2n) is 31.3. The van der Waals surface area contributed by atoms with Gasteiger partial charge in [0.05, 0.1) is 26.4 Å². The lowest BCUT2D eigenvalue weighted by Gasteiger charge is -2.21. The molecule has 104 heavy (non-hydrogen) atoms. The summed E-state index contributed by atoms with van der Waals surface area (Å²) in [7, 11) is -9.93. The van der Waals surface area contributed by atoms with Gasteiger partial charge in [0.2, 0.25) is 0 Å². The highest BCUT2D eigenvalue weighted by atomic mass is 31.2. The smallest absolute Gasteiger partial charge is 0.462 e. The molecule has 0 fully saturated rings. The Balaban J connectivity index is 5.23. The predicted molar refractivity (Wildman–Crippen MR) is 428 cm³/mol. The molecule has 0 aliphatic rings. The van der Waals surface area contributed by atoms with E-state index < -0.39 is 97.5 Å². The van der Waals surface area contributed by atoms with Gasteiger partial charge in [-0.05, 0) is 37.5 Å². The molecule has 0 amide bonds. The molecule has 3 unspecified atom stereocenters. The van der Waals surface area contributed by atoms with Gasteiger partial charge in [-0.3, -0.25) is 37.3 Å². The van der Waals surface area contributed by atoms with Crippen molar-refractivity contribution in [1.82, 2.24) is 0 Å². The second kappa shape index (κ2) is 76.4. The zero-order valence-electron chi connectivity index (χ0n) is 68.3. The maximum Gasteiger partial charge on any atom is 0.472 e. The third kappa shape index (κ3) is 76.8. The van der Waals surface area contributed by atoms with E-state index in [1.54, 1.807) is 0 Å². The SMILES string of the molecule is CCCCCCCCCCCCCCCCCCCCCCCC(=O)O[C@H](COC(=O)CCCCCCCCCCCCCCCCCCC)COP(=O)(O)OC[C@@H](O)COP(=O)(O)OC[C@@H](COC(=O)CCCCCCCCC(C)CC)OC(=O)CCCCCCCCCCCCCCCC(C)C. The summed E-state index contributed by atoms with van der Waals surface area (Å²) in [5, 5.41) is 10.7. The molecule has 19 heteroatoms. The summed E-state index contributed by atoms with van der Waals surface area (Å²) >= 11 is 0. The van der Waals surface area contributed by atoms with Gasteiger partial charge in [-0.15, -0.1) is 0 Å². The first-order chi connectivity index (χ1) is 50.4. The number of hydrogen-bond acceptors (Lipinski definition) is 15. The molecule has 0 heterocycles. The number of unbranched alkanes of at least 4 members (excludes halogenated alkanes) is 53. The summed E-state index contributed by atoms with van der Waals surface area (Å²) in [6, 6.07) is 0. The quantitative estimate of drug-likeness (QED) is 0.0222. The highest BCUT2D eigenvalue weighted by molar-refractivity contribution is 7.47. The van der Waals surface area contributed by atoms with Crippen molar-refractivity contribution in [3.05, 3.63) is 0 Å². The van der Waals surface area contributed by atoms with Crippen molar-refractivity contribution in [3.8, 4) is 0 Å². The number of aliphatic hydroxyl groups excluding tert-OH is 1. The lowest BCUT2D eigenvalue weighted by molar-refractivity contribution is -0.161. The van der Waals surface area contributed by atoms with E-state index in [0.29, 0.717) is 25.7 Å². The van der Waals surface area contributed by atoms with Gasteiger partial charge in [0.15, 0.2) is 12.2 Å². The Morgan fingerprint density at radius 1 is 0.279 bits per heavy atom. The molecule has 6 atom stereocenters. The monoisotopic (exact) mass is 1520 g/mol. The van der Waals surface area contributed by atoms with Crippen LogP contribution in [0.5, 0.6) is 0 Å². The molecule has 0 bridgehead atoms. The summed E-state index contributed by atoms with van der Waals surface area (Å²) in [4.78, 5) is 73.2. The van der Waals surface area contributed by atoms with Gasteiger partial charge in [0.25, 0.3) is 0 Å². The second-order valence-corrected chi connectivity index (χ2v) is 34.2. The third-order valence-electron chi connectivity index (χ3n) is 20.3. The van der Waals surface area contributed by atoms with Gasteiger partial charge in [0, 0.05) is 25.7 Å². The van der Waals surface area contributed by atoms with E-state index in [9.17, 15) is 43.2 Å². The molecule has 3 N–H and O–H groups in total. The van der Waals surface area contributed by atoms with Crippen LogP contribution in [0.4, 0.5) is 0 Å². The minimum absolute atomic E-state index is 0.107. The fourth-order valence-corrected chi connectivity index (χ4v) is 14.8. The van der Waals surface area contributed by atoms with Crippen LogP contribution in [0.1, 0.15) is 452 Å². The minimum Gasteiger partial charge on any atom is -0.462 e. The molecule has 0 aliphatic heterocycles. The van der Waals surface area contributed by atoms with Crippen LogP contribution in [0.25, 0.3) is 0 Å². The number of carbonyl (C=O) groups is 4. The van der Waals surface area contributed by atoms with Crippen molar-refractivity contribution >= 4 is 39.5 Å². The number of phosphoric acid groups is 2. The Bertz CT molecular complexity index is 2000. The van der Waals surface area contributed by atoms with Crippen molar-refractivity contribution in [1.29, 1.82) is 0 Å². The summed E-state index contributed by atoms with van der Waals surface area (Å²) in [6.07, 6.45) is 68.1. The van der Waals surface area contributed by atoms with E-state index in [4.69, 9.17) is 37.0 Å². The average Bonchev–Trinajstić information content (AvgIpc) is 0.913. The zero-order chi connectivity index (χ0) is 76.4. The van der Waals surface area contributed by atoms with Gasteiger partial charge >= 0.3 is 39.5 Å². The molecule has 0 saturated heterocycles. The zero-order valence-corrected chi connectivity index (χ0v) is 70.1. The van der Waals surface area contributed by atoms with E-state index >= 15 is 0 Å². The van der Waals surface area contributed by atoms with E-state index in [2.05, 4.69) is 41.5 Å². The van der Waals surface area contributed by atoms with Crippen LogP contribution in [-0.4, -0.2) is 96.7 Å². The Morgan fingerprint density at radius 3 is 0.731 bits per heavy atom. The first kappa shape index (κ1) is 102. The van der Waals surface area contributed by atoms with Gasteiger partial charge in [-0.1, -0.05) is 401 Å². The molecule has 0 saturated carbocycles. The number of rotatable bonds is 84. The van der Waals surface area contributed by atoms with Crippen molar-refractivity contribution in [2.75, 3.05) is 39.6 Å². The number of ether oxygens (including phenoxy) is 4. The molecule has 0 aromatic rings. The van der Waals surface area contributed by atoms with Crippen molar-refractivity contribution in [3.63, 3.8) is 0 Å². The van der Waals surface area contributed by atoms with E-state index in [1.165, 1.54) is 263 Å². The molecule has 0 aromatic heterocycles. The maximum absolute atomic E-state index is 13.1. The Labute approximate surface area is 638 Å². The summed E-state index contributed by atoms with van der Waals surface area (Å²) in [5.41, 5.74) is 0. The lowest BCUT2D eigenvalue weighted by Crippen LogP contribution is -2.30. The number of carbonyl (C=O) groups excluding carboxylic acids is 4. The van der Waals surface area contributed by atoms with Crippen LogP contribution >= 0.6 is 15.6 Å². The summed E-state index contributed by atoms with van der Waals surface area (Å²) < 4.78 is 68.9. The first-order valence-electron chi connectivity index (χ1n) is 44.0. The van der Waals surface area contributed by atoms with Crippen LogP contribution < -0.4 is 0 Å². The largest absolute Gasteiger partial charge is 0.472 e. The Hall–Kier alpha value is -1.94. The highest BCUT2D eigenvalue weighted by Crippen LogP contribution is 2.45. The molecule has 0 spiro atoms. The molecule has 0 aromatic carbocycles. The topological polar surface area (TPSA) is 237 Å². The van der Waals surface area contributed by atoms with Gasteiger partial charge in [0.1, 0.15) is 19.3 Å². The van der Waals surface area contributed by atoms with Crippen molar-refractivity contribution < 1.29 is 80.2 Å². The number of aliphatic hydroxyl groups is 1. The highest BCUT2D eigenvalue weighted by Gasteiger charge is 2.30. The van der Waals surface area contributed by atoms with E-state index in [1.807, 2.05) is 0 Å². The molecular weight excluding hydrogens is 1350 g/mol. The molecule has 0 aliphatic carbocycles. The normalized spacial score (nSPS) is 14.1. The fourth-order valence-electron chi connectivity index (χ4n) is 13.2. The summed E-state index contributed by atoms with van der Waals surface area (Å²) in [6.45, 7) is 9.64. The fraction of sp³-hybridized carbons (Fsp3) is 0.953. The molecule has 0 radical (unpaired) electrons. The van der Waals surface area contributed by atoms with E-state index in [-0.39, 0.29) is 25.7 Å². The van der Waals surface area contributed by atoms with Crippen molar-refractivity contribution in [2.45, 2.75) is 471 Å². The molecule has 618 valence electrons. The van der Waals surface area contributed by atoms with Crippen LogP contribution in [0.3, 0.4) is 0 Å². The van der Waals surface area contributed by atoms with Crippen LogP contribution in [0, 0.1) is 11.8 Å². The Kier molecular flexibility index (Phi) is 75.0. The number of hydrogen-bond donors (Lipinski definition) is 3. The van der Waals surface area contributed by atoms with Crippen LogP contribution in [-0.2, 0) is 65.4 Å². The Morgan fingerprint density at radius 2 is 0.490 bits per heavy atom. The number of phosphoric ester groups is 2. The molecule has 0 rings (SSSR count). The third-order valence-corrected chi connectivity index (χ3v) is 22.2. The van der Waals surface area contributed by atoms with Gasteiger partial charge in [-0.2, -0.15) is 0 Å². The minimum atomic E-state index is -4.96. The van der Waals surface area contributed by atoms with Gasteiger partial charge < -0.3 is 33.8 Å². The van der Waals surface area contributed by atoms with Crippen LogP contribution in [0.2, 0.25) is 0 Å². The van der Waals surface area contributed by atoms with Crippen molar-refractivity contribution in [2.24, 2.45) is 11.8 Å². The average molecular weight is 1520 g/mol. The van der Waals surface area contributed by atoms with E-state index in [0.717, 1.165) is 108 Å².